The summed E-state index contributed by atoms with van der Waals surface area (Å²) < 4.78 is 0. The number of piperidine rings is 1. The maximum absolute atomic E-state index is 11.7. The maximum atomic E-state index is 11.7. The molecule has 1 rings (SSSR count). The molecule has 2 amide bonds. The lowest BCUT2D eigenvalue weighted by atomic mass is 10.1. The highest BCUT2D eigenvalue weighted by atomic mass is 16.4. The average molecular weight is 257 g/mol. The van der Waals surface area contributed by atoms with Crippen LogP contribution in [0.4, 0.5) is 4.79 Å². The van der Waals surface area contributed by atoms with Gasteiger partial charge in [0.15, 0.2) is 0 Å². The molecular formula is C12H23N3O3. The van der Waals surface area contributed by atoms with Gasteiger partial charge in [-0.05, 0) is 32.9 Å². The van der Waals surface area contributed by atoms with Crippen LogP contribution in [0, 0.1) is 0 Å². The van der Waals surface area contributed by atoms with E-state index in [-0.39, 0.29) is 18.6 Å². The third-order valence-corrected chi connectivity index (χ3v) is 3.07. The van der Waals surface area contributed by atoms with E-state index in [0.717, 1.165) is 19.6 Å². The zero-order valence-electron chi connectivity index (χ0n) is 11.2. The number of aliphatic carboxylic acids is 1. The Labute approximate surface area is 108 Å². The predicted octanol–water partition coefficient (Wildman–Crippen LogP) is 0.587. The Morgan fingerprint density at radius 1 is 1.33 bits per heavy atom. The van der Waals surface area contributed by atoms with Crippen molar-refractivity contribution in [2.24, 2.45) is 0 Å². The van der Waals surface area contributed by atoms with E-state index < -0.39 is 5.97 Å². The lowest BCUT2D eigenvalue weighted by Gasteiger charge is -2.30. The number of amides is 2. The molecule has 0 aliphatic carbocycles. The monoisotopic (exact) mass is 257 g/mol. The first-order valence-corrected chi connectivity index (χ1v) is 6.45. The lowest BCUT2D eigenvalue weighted by Crippen LogP contribution is -2.48. The number of nitrogens with one attached hydrogen (secondary N) is 1. The zero-order chi connectivity index (χ0) is 13.5. The number of nitrogens with zero attached hydrogens (tertiary/aromatic N) is 2. The Morgan fingerprint density at radius 3 is 2.50 bits per heavy atom. The van der Waals surface area contributed by atoms with Gasteiger partial charge in [0.05, 0.1) is 0 Å². The molecule has 1 aliphatic rings. The molecule has 18 heavy (non-hydrogen) atoms. The van der Waals surface area contributed by atoms with Gasteiger partial charge in [-0.1, -0.05) is 6.42 Å². The summed E-state index contributed by atoms with van der Waals surface area (Å²) >= 11 is 0. The summed E-state index contributed by atoms with van der Waals surface area (Å²) in [4.78, 5) is 25.7. The summed E-state index contributed by atoms with van der Waals surface area (Å²) in [7, 11) is 1.48. The molecule has 2 N–H and O–H groups in total. The third kappa shape index (κ3) is 5.35. The SMILES string of the molecule is CC(CN1CCCCC1)NC(=O)N(C)CC(=O)O. The summed E-state index contributed by atoms with van der Waals surface area (Å²) in [5.41, 5.74) is 0. The highest BCUT2D eigenvalue weighted by Crippen LogP contribution is 2.08. The zero-order valence-corrected chi connectivity index (χ0v) is 11.2. The van der Waals surface area contributed by atoms with Gasteiger partial charge in [0.2, 0.25) is 0 Å². The van der Waals surface area contributed by atoms with E-state index in [1.165, 1.54) is 31.2 Å². The van der Waals surface area contributed by atoms with Crippen molar-refractivity contribution >= 4 is 12.0 Å². The minimum absolute atomic E-state index is 0.0341. The second kappa shape index (κ2) is 7.20. The molecular weight excluding hydrogens is 234 g/mol. The number of hydrogen-bond donors (Lipinski definition) is 2. The number of carboxylic acid groups (broad SMARTS) is 1. The van der Waals surface area contributed by atoms with Gasteiger partial charge in [0.25, 0.3) is 0 Å². The van der Waals surface area contributed by atoms with E-state index in [4.69, 9.17) is 5.11 Å². The van der Waals surface area contributed by atoms with Gasteiger partial charge in [0.1, 0.15) is 6.54 Å². The number of carbonyl (C=O) groups excluding carboxylic acids is 1. The number of hydrogen-bond acceptors (Lipinski definition) is 3. The van der Waals surface area contributed by atoms with Crippen molar-refractivity contribution in [3.63, 3.8) is 0 Å². The van der Waals surface area contributed by atoms with Gasteiger partial charge in [-0.15, -0.1) is 0 Å². The molecule has 1 aliphatic heterocycles. The van der Waals surface area contributed by atoms with Crippen molar-refractivity contribution < 1.29 is 14.7 Å². The molecule has 6 heteroatoms. The first-order valence-electron chi connectivity index (χ1n) is 6.45. The van der Waals surface area contributed by atoms with Gasteiger partial charge < -0.3 is 20.2 Å². The molecule has 0 radical (unpaired) electrons. The quantitative estimate of drug-likeness (QED) is 0.756. The van der Waals surface area contributed by atoms with Crippen LogP contribution in [-0.4, -0.2) is 66.2 Å². The van der Waals surface area contributed by atoms with Crippen LogP contribution in [0.2, 0.25) is 0 Å². The fourth-order valence-corrected chi connectivity index (χ4v) is 2.17. The van der Waals surface area contributed by atoms with Crippen molar-refractivity contribution in [1.82, 2.24) is 15.1 Å². The molecule has 0 aromatic heterocycles. The van der Waals surface area contributed by atoms with Crippen LogP contribution in [0.3, 0.4) is 0 Å². The molecule has 1 heterocycles. The molecule has 0 aromatic rings. The van der Waals surface area contributed by atoms with Gasteiger partial charge in [0, 0.05) is 19.6 Å². The predicted molar refractivity (Wildman–Crippen MR) is 68.6 cm³/mol. The lowest BCUT2D eigenvalue weighted by molar-refractivity contribution is -0.137. The average Bonchev–Trinajstić information content (AvgIpc) is 2.29. The molecule has 1 fully saturated rings. The number of urea groups is 1. The van der Waals surface area contributed by atoms with Crippen LogP contribution in [-0.2, 0) is 4.79 Å². The van der Waals surface area contributed by atoms with E-state index in [1.54, 1.807) is 0 Å². The standard InChI is InChI=1S/C12H23N3O3/c1-10(8-15-6-4-3-5-7-15)13-12(18)14(2)9-11(16)17/h10H,3-9H2,1-2H3,(H,13,18)(H,16,17). The fourth-order valence-electron chi connectivity index (χ4n) is 2.17. The molecule has 0 spiro atoms. The summed E-state index contributed by atoms with van der Waals surface area (Å²) in [5.74, 6) is -1.00. The van der Waals surface area contributed by atoms with Crippen LogP contribution < -0.4 is 5.32 Å². The third-order valence-electron chi connectivity index (χ3n) is 3.07. The Morgan fingerprint density at radius 2 is 1.94 bits per heavy atom. The second-order valence-corrected chi connectivity index (χ2v) is 4.96. The number of carbonyl (C=O) groups is 2. The summed E-state index contributed by atoms with van der Waals surface area (Å²) in [6, 6.07) is -0.297. The van der Waals surface area contributed by atoms with Gasteiger partial charge in [-0.25, -0.2) is 4.79 Å². The van der Waals surface area contributed by atoms with Gasteiger partial charge >= 0.3 is 12.0 Å². The molecule has 1 atom stereocenters. The Balaban J connectivity index is 2.27. The van der Waals surface area contributed by atoms with E-state index in [1.807, 2.05) is 6.92 Å². The Bertz CT molecular complexity index is 290. The van der Waals surface area contributed by atoms with Gasteiger partial charge in [-0.2, -0.15) is 0 Å². The molecule has 0 saturated carbocycles. The van der Waals surface area contributed by atoms with E-state index in [0.29, 0.717) is 0 Å². The minimum Gasteiger partial charge on any atom is -0.480 e. The smallest absolute Gasteiger partial charge is 0.323 e. The van der Waals surface area contributed by atoms with Crippen molar-refractivity contribution in [1.29, 1.82) is 0 Å². The number of rotatable bonds is 5. The van der Waals surface area contributed by atoms with Crippen molar-refractivity contribution in [3.8, 4) is 0 Å². The largest absolute Gasteiger partial charge is 0.480 e. The molecule has 0 bridgehead atoms. The van der Waals surface area contributed by atoms with Gasteiger partial charge in [-0.3, -0.25) is 4.79 Å². The highest BCUT2D eigenvalue weighted by molar-refractivity contribution is 5.79. The minimum atomic E-state index is -1.00. The number of likely N-dealkylation sites (N-methyl/N-ethyl adjacent to an activating group) is 1. The summed E-state index contributed by atoms with van der Waals surface area (Å²) in [6.45, 7) is 4.67. The van der Waals surface area contributed by atoms with Crippen LogP contribution in [0.1, 0.15) is 26.2 Å². The first-order chi connectivity index (χ1) is 8.49. The van der Waals surface area contributed by atoms with Crippen LogP contribution in [0.15, 0.2) is 0 Å². The Kier molecular flexibility index (Phi) is 5.91. The summed E-state index contributed by atoms with van der Waals surface area (Å²) in [6.07, 6.45) is 3.73. The van der Waals surface area contributed by atoms with Crippen molar-refractivity contribution in [2.45, 2.75) is 32.2 Å². The highest BCUT2D eigenvalue weighted by Gasteiger charge is 2.17. The maximum Gasteiger partial charge on any atom is 0.323 e. The molecule has 1 unspecified atom stereocenters. The summed E-state index contributed by atoms with van der Waals surface area (Å²) in [5, 5.41) is 11.4. The number of likely N-dealkylation sites (tertiary alicyclic amines) is 1. The van der Waals surface area contributed by atoms with Crippen molar-refractivity contribution in [2.75, 3.05) is 33.2 Å². The number of carboxylic acids is 1. The first kappa shape index (κ1) is 14.8. The molecule has 104 valence electrons. The van der Waals surface area contributed by atoms with Crippen LogP contribution >= 0.6 is 0 Å². The van der Waals surface area contributed by atoms with E-state index >= 15 is 0 Å². The topological polar surface area (TPSA) is 72.9 Å². The van der Waals surface area contributed by atoms with Crippen LogP contribution in [0.25, 0.3) is 0 Å². The normalized spacial score (nSPS) is 18.1. The van der Waals surface area contributed by atoms with E-state index in [2.05, 4.69) is 10.2 Å². The Hall–Kier alpha value is -1.30. The molecule has 6 nitrogen and oxygen atoms in total. The molecule has 0 aromatic carbocycles. The molecule has 1 saturated heterocycles. The van der Waals surface area contributed by atoms with Crippen molar-refractivity contribution in [3.05, 3.63) is 0 Å². The van der Waals surface area contributed by atoms with E-state index in [9.17, 15) is 9.59 Å². The second-order valence-electron chi connectivity index (χ2n) is 4.96. The fraction of sp³-hybridized carbons (Fsp3) is 0.833. The van der Waals surface area contributed by atoms with Crippen LogP contribution in [0.5, 0.6) is 0 Å².